The number of rotatable bonds is 6. The second-order valence-corrected chi connectivity index (χ2v) is 5.45. The van der Waals surface area contributed by atoms with Crippen LogP contribution < -0.4 is 16.0 Å². The Morgan fingerprint density at radius 2 is 1.90 bits per heavy atom. The molecule has 0 aromatic heterocycles. The Bertz CT molecular complexity index is 584. The molecular weight excluding hydrogens is 284 g/mol. The summed E-state index contributed by atoms with van der Waals surface area (Å²) in [4.78, 5) is 0. The maximum atomic E-state index is 6.01. The van der Waals surface area contributed by atoms with Crippen LogP contribution in [-0.4, -0.2) is 6.61 Å². The summed E-state index contributed by atoms with van der Waals surface area (Å²) in [5.74, 6) is 6.63. The van der Waals surface area contributed by atoms with Gasteiger partial charge in [-0.2, -0.15) is 0 Å². The van der Waals surface area contributed by atoms with Crippen molar-refractivity contribution in [3.8, 4) is 5.75 Å². The van der Waals surface area contributed by atoms with Crippen LogP contribution in [0.15, 0.2) is 42.5 Å². The van der Waals surface area contributed by atoms with Gasteiger partial charge in [-0.25, -0.2) is 5.43 Å². The fourth-order valence-corrected chi connectivity index (χ4v) is 2.53. The highest BCUT2D eigenvalue weighted by molar-refractivity contribution is 6.30. The van der Waals surface area contributed by atoms with Crippen molar-refractivity contribution in [3.63, 3.8) is 0 Å². The van der Waals surface area contributed by atoms with E-state index < -0.39 is 0 Å². The lowest BCUT2D eigenvalue weighted by Crippen LogP contribution is -2.29. The highest BCUT2D eigenvalue weighted by Crippen LogP contribution is 2.27. The van der Waals surface area contributed by atoms with E-state index in [1.54, 1.807) is 0 Å². The van der Waals surface area contributed by atoms with Gasteiger partial charge in [-0.3, -0.25) is 5.84 Å². The Hall–Kier alpha value is -1.55. The van der Waals surface area contributed by atoms with Crippen molar-refractivity contribution in [1.29, 1.82) is 0 Å². The summed E-state index contributed by atoms with van der Waals surface area (Å²) in [7, 11) is 0. The molecule has 0 fully saturated rings. The average molecular weight is 305 g/mol. The highest BCUT2D eigenvalue weighted by atomic mass is 35.5. The second-order valence-electron chi connectivity index (χ2n) is 5.02. The Kier molecular flexibility index (Phi) is 5.62. The Balaban J connectivity index is 2.24. The summed E-state index contributed by atoms with van der Waals surface area (Å²) in [5.41, 5.74) is 6.19. The topological polar surface area (TPSA) is 47.3 Å². The van der Waals surface area contributed by atoms with Gasteiger partial charge < -0.3 is 4.74 Å². The molecule has 0 saturated heterocycles. The molecule has 21 heavy (non-hydrogen) atoms. The predicted octanol–water partition coefficient (Wildman–Crippen LogP) is 3.99. The van der Waals surface area contributed by atoms with Crippen LogP contribution >= 0.6 is 11.6 Å². The van der Waals surface area contributed by atoms with Crippen LogP contribution in [0.4, 0.5) is 0 Å². The molecule has 0 aliphatic carbocycles. The van der Waals surface area contributed by atoms with Crippen LogP contribution in [0.2, 0.25) is 5.02 Å². The molecule has 0 heterocycles. The van der Waals surface area contributed by atoms with Crippen molar-refractivity contribution in [3.05, 3.63) is 64.2 Å². The number of ether oxygens (including phenoxy) is 1. The highest BCUT2D eigenvalue weighted by Gasteiger charge is 2.14. The Morgan fingerprint density at radius 1 is 1.19 bits per heavy atom. The number of nitrogens with one attached hydrogen (secondary N) is 1. The van der Waals surface area contributed by atoms with E-state index in [1.807, 2.05) is 49.4 Å². The summed E-state index contributed by atoms with van der Waals surface area (Å²) in [5, 5.41) is 0.732. The first-order valence-corrected chi connectivity index (χ1v) is 7.48. The van der Waals surface area contributed by atoms with Gasteiger partial charge in [-0.1, -0.05) is 36.7 Å². The molecule has 0 aliphatic heterocycles. The summed E-state index contributed by atoms with van der Waals surface area (Å²) >= 11 is 6.01. The molecule has 2 rings (SSSR count). The SMILES string of the molecule is CCCOc1ccc(C(NN)c2ccc(Cl)cc2C)cc1. The van der Waals surface area contributed by atoms with E-state index in [1.165, 1.54) is 0 Å². The molecule has 0 amide bonds. The first kappa shape index (κ1) is 15.8. The van der Waals surface area contributed by atoms with Crippen LogP contribution in [0.5, 0.6) is 5.75 Å². The lowest BCUT2D eigenvalue weighted by molar-refractivity contribution is 0.317. The third-order valence-electron chi connectivity index (χ3n) is 3.40. The van der Waals surface area contributed by atoms with E-state index in [0.717, 1.165) is 40.5 Å². The number of hydrogen-bond donors (Lipinski definition) is 2. The maximum Gasteiger partial charge on any atom is 0.119 e. The van der Waals surface area contributed by atoms with E-state index in [-0.39, 0.29) is 6.04 Å². The first-order valence-electron chi connectivity index (χ1n) is 7.10. The molecule has 0 radical (unpaired) electrons. The molecule has 0 spiro atoms. The first-order chi connectivity index (χ1) is 10.2. The van der Waals surface area contributed by atoms with Crippen LogP contribution in [0.1, 0.15) is 36.1 Å². The summed E-state index contributed by atoms with van der Waals surface area (Å²) in [6.45, 7) is 4.85. The quantitative estimate of drug-likeness (QED) is 0.626. The van der Waals surface area contributed by atoms with Crippen molar-refractivity contribution < 1.29 is 4.74 Å². The molecule has 3 nitrogen and oxygen atoms in total. The number of hydrazine groups is 1. The zero-order chi connectivity index (χ0) is 15.2. The molecule has 1 atom stereocenters. The monoisotopic (exact) mass is 304 g/mol. The zero-order valence-corrected chi connectivity index (χ0v) is 13.2. The fraction of sp³-hybridized carbons (Fsp3) is 0.294. The molecule has 3 N–H and O–H groups in total. The maximum absolute atomic E-state index is 6.01. The molecule has 0 aliphatic rings. The molecule has 2 aromatic rings. The van der Waals surface area contributed by atoms with Gasteiger partial charge in [0.25, 0.3) is 0 Å². The molecule has 0 saturated carbocycles. The van der Waals surface area contributed by atoms with Gasteiger partial charge in [0.15, 0.2) is 0 Å². The van der Waals surface area contributed by atoms with Crippen LogP contribution in [0, 0.1) is 6.92 Å². The van der Waals surface area contributed by atoms with E-state index in [4.69, 9.17) is 22.2 Å². The number of nitrogens with two attached hydrogens (primary N) is 1. The van der Waals surface area contributed by atoms with Crippen LogP contribution in [-0.2, 0) is 0 Å². The van der Waals surface area contributed by atoms with Crippen molar-refractivity contribution in [2.75, 3.05) is 6.61 Å². The number of hydrogen-bond acceptors (Lipinski definition) is 3. The number of aryl methyl sites for hydroxylation is 1. The second kappa shape index (κ2) is 7.46. The number of benzene rings is 2. The molecule has 4 heteroatoms. The Labute approximate surface area is 131 Å². The van der Waals surface area contributed by atoms with Gasteiger partial charge in [0.05, 0.1) is 12.6 Å². The fourth-order valence-electron chi connectivity index (χ4n) is 2.30. The van der Waals surface area contributed by atoms with Crippen LogP contribution in [0.3, 0.4) is 0 Å². The molecule has 112 valence electrons. The summed E-state index contributed by atoms with van der Waals surface area (Å²) in [6.07, 6.45) is 0.999. The van der Waals surface area contributed by atoms with E-state index in [9.17, 15) is 0 Å². The average Bonchev–Trinajstić information content (AvgIpc) is 2.49. The normalized spacial score (nSPS) is 12.2. The van der Waals surface area contributed by atoms with Gasteiger partial charge in [-0.05, 0) is 54.3 Å². The van der Waals surface area contributed by atoms with Crippen molar-refractivity contribution >= 4 is 11.6 Å². The lowest BCUT2D eigenvalue weighted by Gasteiger charge is -2.19. The van der Waals surface area contributed by atoms with Gasteiger partial charge in [0, 0.05) is 5.02 Å². The number of halogens is 1. The molecule has 0 bridgehead atoms. The largest absolute Gasteiger partial charge is 0.494 e. The standard InChI is InChI=1S/C17H21ClN2O/c1-3-10-21-15-7-4-13(5-8-15)17(20-19)16-9-6-14(18)11-12(16)2/h4-9,11,17,20H,3,10,19H2,1-2H3. The van der Waals surface area contributed by atoms with E-state index in [0.29, 0.717) is 0 Å². The van der Waals surface area contributed by atoms with Crippen molar-refractivity contribution in [1.82, 2.24) is 5.43 Å². The lowest BCUT2D eigenvalue weighted by atomic mass is 9.95. The zero-order valence-electron chi connectivity index (χ0n) is 12.4. The van der Waals surface area contributed by atoms with E-state index in [2.05, 4.69) is 12.3 Å². The van der Waals surface area contributed by atoms with E-state index >= 15 is 0 Å². The minimum absolute atomic E-state index is 0.0671. The predicted molar refractivity (Wildman–Crippen MR) is 87.6 cm³/mol. The molecule has 1 unspecified atom stereocenters. The Morgan fingerprint density at radius 3 is 2.48 bits per heavy atom. The summed E-state index contributed by atoms with van der Waals surface area (Å²) < 4.78 is 5.60. The smallest absolute Gasteiger partial charge is 0.119 e. The van der Waals surface area contributed by atoms with Crippen molar-refractivity contribution in [2.45, 2.75) is 26.3 Å². The molecular formula is C17H21ClN2O. The van der Waals surface area contributed by atoms with Crippen LogP contribution in [0.25, 0.3) is 0 Å². The molecule has 2 aromatic carbocycles. The van der Waals surface area contributed by atoms with Gasteiger partial charge in [-0.15, -0.1) is 0 Å². The minimum Gasteiger partial charge on any atom is -0.494 e. The van der Waals surface area contributed by atoms with Crippen molar-refractivity contribution in [2.24, 2.45) is 5.84 Å². The van der Waals surface area contributed by atoms with Gasteiger partial charge in [0.1, 0.15) is 5.75 Å². The van der Waals surface area contributed by atoms with Gasteiger partial charge in [0.2, 0.25) is 0 Å². The summed E-state index contributed by atoms with van der Waals surface area (Å²) in [6, 6.07) is 13.8. The minimum atomic E-state index is -0.0671. The third kappa shape index (κ3) is 3.97. The third-order valence-corrected chi connectivity index (χ3v) is 3.63. The van der Waals surface area contributed by atoms with Gasteiger partial charge >= 0.3 is 0 Å².